The molecule has 0 unspecified atom stereocenters. The second-order valence-corrected chi connectivity index (χ2v) is 5.36. The Morgan fingerprint density at radius 2 is 1.61 bits per heavy atom. The number of hydrogen-bond donors (Lipinski definition) is 1. The van der Waals surface area contributed by atoms with Crippen LogP contribution in [-0.4, -0.2) is 35.0 Å². The molecule has 4 nitrogen and oxygen atoms in total. The molecule has 0 bridgehead atoms. The maximum atomic E-state index is 12.6. The fourth-order valence-corrected chi connectivity index (χ4v) is 2.53. The number of benzene rings is 2. The molecule has 1 amide bonds. The van der Waals surface area contributed by atoms with Gasteiger partial charge in [0, 0.05) is 12.1 Å². The monoisotopic (exact) mass is 311 g/mol. The summed E-state index contributed by atoms with van der Waals surface area (Å²) in [5, 5.41) is 8.94. The predicted molar refractivity (Wildman–Crippen MR) is 89.5 cm³/mol. The molecule has 0 heterocycles. The van der Waals surface area contributed by atoms with Gasteiger partial charge in [0.1, 0.15) is 6.54 Å². The lowest BCUT2D eigenvalue weighted by atomic mass is 9.99. The van der Waals surface area contributed by atoms with Crippen molar-refractivity contribution in [2.75, 3.05) is 13.1 Å². The highest BCUT2D eigenvalue weighted by Crippen LogP contribution is 2.15. The zero-order valence-electron chi connectivity index (χ0n) is 13.2. The smallest absolute Gasteiger partial charge is 0.323 e. The molecule has 0 spiro atoms. The molecule has 0 saturated heterocycles. The molecule has 1 N–H and O–H groups in total. The summed E-state index contributed by atoms with van der Waals surface area (Å²) in [6.07, 6.45) is 1.59. The van der Waals surface area contributed by atoms with Gasteiger partial charge in [0.2, 0.25) is 0 Å². The van der Waals surface area contributed by atoms with E-state index in [1.54, 1.807) is 13.0 Å². The lowest BCUT2D eigenvalue weighted by Gasteiger charge is -2.20. The van der Waals surface area contributed by atoms with E-state index in [4.69, 9.17) is 5.11 Å². The number of nitrogens with zero attached hydrogens (tertiary/aromatic N) is 1. The molecule has 2 rings (SSSR count). The van der Waals surface area contributed by atoms with Crippen molar-refractivity contribution in [3.63, 3.8) is 0 Å². The molecule has 120 valence electrons. The third-order valence-corrected chi connectivity index (χ3v) is 3.77. The Hall–Kier alpha value is -2.62. The van der Waals surface area contributed by atoms with Crippen LogP contribution in [0.4, 0.5) is 0 Å². The van der Waals surface area contributed by atoms with Gasteiger partial charge in [-0.25, -0.2) is 0 Å². The number of rotatable bonds is 7. The molecule has 0 aliphatic heterocycles. The lowest BCUT2D eigenvalue weighted by Crippen LogP contribution is -2.36. The van der Waals surface area contributed by atoms with Crippen molar-refractivity contribution >= 4 is 11.9 Å². The fourth-order valence-electron chi connectivity index (χ4n) is 2.53. The van der Waals surface area contributed by atoms with Crippen molar-refractivity contribution in [3.8, 4) is 0 Å². The van der Waals surface area contributed by atoms with Gasteiger partial charge in [0.25, 0.3) is 5.91 Å². The standard InChI is InChI=1S/C19H21NO3/c1-2-20(14-18(21)22)19(23)17-11-7-6-10-16(17)13-12-15-8-4-3-5-9-15/h3-11H,2,12-14H2,1H3,(H,21,22). The highest BCUT2D eigenvalue weighted by Gasteiger charge is 2.19. The number of amides is 1. The largest absolute Gasteiger partial charge is 0.480 e. The van der Waals surface area contributed by atoms with E-state index in [2.05, 4.69) is 12.1 Å². The summed E-state index contributed by atoms with van der Waals surface area (Å²) in [5.74, 6) is -1.22. The van der Waals surface area contributed by atoms with Gasteiger partial charge >= 0.3 is 5.97 Å². The van der Waals surface area contributed by atoms with Crippen molar-refractivity contribution < 1.29 is 14.7 Å². The number of carboxylic acids is 1. The summed E-state index contributed by atoms with van der Waals surface area (Å²) in [6.45, 7) is 1.88. The number of carbonyl (C=O) groups excluding carboxylic acids is 1. The summed E-state index contributed by atoms with van der Waals surface area (Å²) < 4.78 is 0. The second-order valence-electron chi connectivity index (χ2n) is 5.36. The van der Waals surface area contributed by atoms with E-state index in [0.717, 1.165) is 18.4 Å². The molecule has 0 atom stereocenters. The van der Waals surface area contributed by atoms with Gasteiger partial charge in [0.15, 0.2) is 0 Å². The number of aryl methyl sites for hydroxylation is 2. The van der Waals surface area contributed by atoms with E-state index >= 15 is 0 Å². The van der Waals surface area contributed by atoms with Gasteiger partial charge in [-0.2, -0.15) is 0 Å². The van der Waals surface area contributed by atoms with Crippen LogP contribution in [-0.2, 0) is 17.6 Å². The molecule has 0 fully saturated rings. The molecular formula is C19H21NO3. The van der Waals surface area contributed by atoms with E-state index < -0.39 is 5.97 Å². The summed E-state index contributed by atoms with van der Waals surface area (Å²) in [7, 11) is 0. The summed E-state index contributed by atoms with van der Waals surface area (Å²) in [6, 6.07) is 17.5. The topological polar surface area (TPSA) is 57.6 Å². The molecule has 0 saturated carbocycles. The van der Waals surface area contributed by atoms with Crippen LogP contribution in [0.3, 0.4) is 0 Å². The molecule has 2 aromatic rings. The van der Waals surface area contributed by atoms with Crippen molar-refractivity contribution in [2.24, 2.45) is 0 Å². The van der Waals surface area contributed by atoms with Gasteiger partial charge < -0.3 is 10.0 Å². The van der Waals surface area contributed by atoms with Crippen LogP contribution < -0.4 is 0 Å². The third-order valence-electron chi connectivity index (χ3n) is 3.77. The molecule has 0 aliphatic rings. The third kappa shape index (κ3) is 4.68. The van der Waals surface area contributed by atoms with Crippen LogP contribution in [0.15, 0.2) is 54.6 Å². The Kier molecular flexibility index (Phi) is 5.92. The van der Waals surface area contributed by atoms with E-state index in [1.807, 2.05) is 36.4 Å². The Labute approximate surface area is 136 Å². The first-order valence-electron chi connectivity index (χ1n) is 7.74. The molecule has 0 aliphatic carbocycles. The molecule has 0 aromatic heterocycles. The van der Waals surface area contributed by atoms with Crippen molar-refractivity contribution in [3.05, 3.63) is 71.3 Å². The maximum Gasteiger partial charge on any atom is 0.323 e. The molecule has 0 radical (unpaired) electrons. The lowest BCUT2D eigenvalue weighted by molar-refractivity contribution is -0.137. The first-order chi connectivity index (χ1) is 11.1. The SMILES string of the molecule is CCN(CC(=O)O)C(=O)c1ccccc1CCc1ccccc1. The predicted octanol–water partition coefficient (Wildman–Crippen LogP) is 3.02. The van der Waals surface area contributed by atoms with E-state index in [-0.39, 0.29) is 12.5 Å². The molecule has 2 aromatic carbocycles. The van der Waals surface area contributed by atoms with Crippen LogP contribution in [0.2, 0.25) is 0 Å². The zero-order valence-corrected chi connectivity index (χ0v) is 13.2. The van der Waals surface area contributed by atoms with E-state index in [1.165, 1.54) is 10.5 Å². The Balaban J connectivity index is 2.16. The first-order valence-corrected chi connectivity index (χ1v) is 7.74. The summed E-state index contributed by atoms with van der Waals surface area (Å²) >= 11 is 0. The molecule has 4 heteroatoms. The quantitative estimate of drug-likeness (QED) is 0.855. The normalized spacial score (nSPS) is 10.3. The Morgan fingerprint density at radius 1 is 0.957 bits per heavy atom. The van der Waals surface area contributed by atoms with Crippen LogP contribution >= 0.6 is 0 Å². The number of carbonyl (C=O) groups is 2. The van der Waals surface area contributed by atoms with Gasteiger partial charge in [0.05, 0.1) is 0 Å². The average Bonchev–Trinajstić information content (AvgIpc) is 2.58. The number of aliphatic carboxylic acids is 1. The maximum absolute atomic E-state index is 12.6. The van der Waals surface area contributed by atoms with Crippen molar-refractivity contribution in [1.29, 1.82) is 0 Å². The Bertz CT molecular complexity index is 667. The second kappa shape index (κ2) is 8.13. The van der Waals surface area contributed by atoms with Gasteiger partial charge in [-0.3, -0.25) is 9.59 Å². The fraction of sp³-hybridized carbons (Fsp3) is 0.263. The number of hydrogen-bond acceptors (Lipinski definition) is 2. The highest BCUT2D eigenvalue weighted by atomic mass is 16.4. The summed E-state index contributed by atoms with van der Waals surface area (Å²) in [4.78, 5) is 24.9. The minimum Gasteiger partial charge on any atom is -0.480 e. The average molecular weight is 311 g/mol. The molecular weight excluding hydrogens is 290 g/mol. The number of likely N-dealkylation sites (N-methyl/N-ethyl adjacent to an activating group) is 1. The number of carboxylic acid groups (broad SMARTS) is 1. The highest BCUT2D eigenvalue weighted by molar-refractivity contribution is 5.97. The zero-order chi connectivity index (χ0) is 16.7. The van der Waals surface area contributed by atoms with Crippen LogP contribution in [0, 0.1) is 0 Å². The Morgan fingerprint density at radius 3 is 2.26 bits per heavy atom. The van der Waals surface area contributed by atoms with E-state index in [9.17, 15) is 9.59 Å². The summed E-state index contributed by atoms with van der Waals surface area (Å²) in [5.41, 5.74) is 2.75. The van der Waals surface area contributed by atoms with Gasteiger partial charge in [-0.05, 0) is 37.0 Å². The minimum atomic E-state index is -0.998. The molecule has 23 heavy (non-hydrogen) atoms. The van der Waals surface area contributed by atoms with Gasteiger partial charge in [-0.1, -0.05) is 48.5 Å². The van der Waals surface area contributed by atoms with Crippen LogP contribution in [0.5, 0.6) is 0 Å². The van der Waals surface area contributed by atoms with Crippen LogP contribution in [0.25, 0.3) is 0 Å². The van der Waals surface area contributed by atoms with E-state index in [0.29, 0.717) is 12.1 Å². The van der Waals surface area contributed by atoms with Crippen molar-refractivity contribution in [2.45, 2.75) is 19.8 Å². The van der Waals surface area contributed by atoms with Gasteiger partial charge in [-0.15, -0.1) is 0 Å². The van der Waals surface area contributed by atoms with Crippen molar-refractivity contribution in [1.82, 2.24) is 4.90 Å². The van der Waals surface area contributed by atoms with Crippen LogP contribution in [0.1, 0.15) is 28.4 Å². The first kappa shape index (κ1) is 16.7. The minimum absolute atomic E-state index is 0.224.